The Kier molecular flexibility index (Phi) is 5.93. The minimum absolute atomic E-state index is 0.153. The zero-order valence-electron chi connectivity index (χ0n) is 15.9. The number of nitro groups is 1. The number of hydrogen-bond acceptors (Lipinski definition) is 8. The third-order valence-corrected chi connectivity index (χ3v) is 4.89. The van der Waals surface area contributed by atoms with Crippen LogP contribution < -0.4 is 20.1 Å². The lowest BCUT2D eigenvalue weighted by Gasteiger charge is -2.09. The molecule has 0 radical (unpaired) electrons. The topological polar surface area (TPSA) is 116 Å². The summed E-state index contributed by atoms with van der Waals surface area (Å²) in [6, 6.07) is 9.40. The van der Waals surface area contributed by atoms with E-state index in [-0.39, 0.29) is 11.3 Å². The quantitative estimate of drug-likeness (QED) is 0.443. The monoisotopic (exact) mass is 414 g/mol. The zero-order valence-corrected chi connectivity index (χ0v) is 16.7. The molecule has 3 aromatic rings. The molecular formula is C19H18N4O5S. The predicted molar refractivity (Wildman–Crippen MR) is 111 cm³/mol. The van der Waals surface area contributed by atoms with E-state index < -0.39 is 10.8 Å². The number of thiazole rings is 1. The number of non-ortho nitro benzene ring substituents is 1. The highest BCUT2D eigenvalue weighted by Crippen LogP contribution is 2.35. The second kappa shape index (κ2) is 8.57. The number of nitro benzene ring substituents is 1. The van der Waals surface area contributed by atoms with Gasteiger partial charge in [-0.2, -0.15) is 0 Å². The molecule has 0 aliphatic rings. The minimum Gasteiger partial charge on any atom is -0.497 e. The summed E-state index contributed by atoms with van der Waals surface area (Å²) in [5, 5.41) is 18.7. The third-order valence-electron chi connectivity index (χ3n) is 4.14. The number of benzene rings is 2. The fraction of sp³-hybridized carbons (Fsp3) is 0.158. The van der Waals surface area contributed by atoms with Crippen LogP contribution >= 0.6 is 11.3 Å². The molecule has 10 heteroatoms. The summed E-state index contributed by atoms with van der Waals surface area (Å²) in [6.07, 6.45) is 0. The summed E-state index contributed by atoms with van der Waals surface area (Å²) in [5.41, 5.74) is 1.83. The summed E-state index contributed by atoms with van der Waals surface area (Å²) in [7, 11) is 4.75. The van der Waals surface area contributed by atoms with Crippen molar-refractivity contribution >= 4 is 33.8 Å². The van der Waals surface area contributed by atoms with Crippen LogP contribution in [0.2, 0.25) is 0 Å². The Morgan fingerprint density at radius 2 is 1.97 bits per heavy atom. The molecule has 0 atom stereocenters. The smallest absolute Gasteiger partial charge is 0.270 e. The number of aromatic nitrogens is 1. The molecule has 2 aromatic carbocycles. The number of carbonyl (C=O) groups excluding carboxylic acids is 1. The van der Waals surface area contributed by atoms with Gasteiger partial charge < -0.3 is 14.8 Å². The molecule has 29 heavy (non-hydrogen) atoms. The lowest BCUT2D eigenvalue weighted by atomic mass is 10.1. The van der Waals surface area contributed by atoms with Gasteiger partial charge in [0.1, 0.15) is 11.5 Å². The maximum Gasteiger partial charge on any atom is 0.270 e. The Morgan fingerprint density at radius 1 is 1.17 bits per heavy atom. The van der Waals surface area contributed by atoms with E-state index in [9.17, 15) is 14.9 Å². The van der Waals surface area contributed by atoms with Gasteiger partial charge in [0.05, 0.1) is 30.4 Å². The third kappa shape index (κ3) is 4.27. The summed E-state index contributed by atoms with van der Waals surface area (Å²) < 4.78 is 10.6. The molecule has 3 rings (SSSR count). The van der Waals surface area contributed by atoms with Crippen LogP contribution in [0.25, 0.3) is 11.3 Å². The Balaban J connectivity index is 1.87. The molecule has 1 amide bonds. The van der Waals surface area contributed by atoms with E-state index >= 15 is 0 Å². The SMILES string of the molecule is CNc1ccc([N+](=O)[O-])cc1C(=O)Nc1nc(-c2ccc(OC)cc2OC)cs1. The Morgan fingerprint density at radius 3 is 2.62 bits per heavy atom. The molecule has 0 spiro atoms. The molecule has 0 saturated carbocycles. The molecule has 150 valence electrons. The summed E-state index contributed by atoms with van der Waals surface area (Å²) in [5.74, 6) is 0.740. The van der Waals surface area contributed by atoms with Crippen LogP contribution in [0.4, 0.5) is 16.5 Å². The van der Waals surface area contributed by atoms with Crippen molar-refractivity contribution in [3.05, 3.63) is 57.5 Å². The zero-order chi connectivity index (χ0) is 21.0. The Hall–Kier alpha value is -3.66. The molecular weight excluding hydrogens is 396 g/mol. The van der Waals surface area contributed by atoms with Crippen molar-refractivity contribution in [2.75, 3.05) is 31.9 Å². The average molecular weight is 414 g/mol. The second-order valence-electron chi connectivity index (χ2n) is 5.80. The largest absolute Gasteiger partial charge is 0.497 e. The van der Waals surface area contributed by atoms with Crippen LogP contribution in [0.15, 0.2) is 41.8 Å². The fourth-order valence-electron chi connectivity index (χ4n) is 2.68. The predicted octanol–water partition coefficient (Wildman–Crippen LogP) is 4.03. The van der Waals surface area contributed by atoms with Crippen molar-refractivity contribution in [3.63, 3.8) is 0 Å². The molecule has 0 bridgehead atoms. The van der Waals surface area contributed by atoms with E-state index in [2.05, 4.69) is 15.6 Å². The Labute approximate surface area is 170 Å². The highest BCUT2D eigenvalue weighted by molar-refractivity contribution is 7.14. The van der Waals surface area contributed by atoms with Crippen molar-refractivity contribution in [2.45, 2.75) is 0 Å². The van der Waals surface area contributed by atoms with Crippen LogP contribution in [0.5, 0.6) is 11.5 Å². The summed E-state index contributed by atoms with van der Waals surface area (Å²) >= 11 is 1.24. The lowest BCUT2D eigenvalue weighted by molar-refractivity contribution is -0.384. The molecule has 0 fully saturated rings. The van der Waals surface area contributed by atoms with Gasteiger partial charge in [0.2, 0.25) is 0 Å². The van der Waals surface area contributed by atoms with E-state index in [1.54, 1.807) is 38.8 Å². The summed E-state index contributed by atoms with van der Waals surface area (Å²) in [4.78, 5) is 27.6. The van der Waals surface area contributed by atoms with Gasteiger partial charge in [0.15, 0.2) is 5.13 Å². The first-order valence-corrected chi connectivity index (χ1v) is 9.30. The molecule has 1 aromatic heterocycles. The number of nitrogens with zero attached hydrogens (tertiary/aromatic N) is 2. The van der Waals surface area contributed by atoms with Gasteiger partial charge in [-0.05, 0) is 18.2 Å². The number of nitrogens with one attached hydrogen (secondary N) is 2. The van der Waals surface area contributed by atoms with Gasteiger partial charge >= 0.3 is 0 Å². The van der Waals surface area contributed by atoms with Gasteiger partial charge in [-0.3, -0.25) is 20.2 Å². The van der Waals surface area contributed by atoms with Crippen LogP contribution in [0, 0.1) is 10.1 Å². The molecule has 0 aliphatic heterocycles. The second-order valence-corrected chi connectivity index (χ2v) is 6.65. The van der Waals surface area contributed by atoms with Gasteiger partial charge in [-0.25, -0.2) is 4.98 Å². The van der Waals surface area contributed by atoms with Gasteiger partial charge in [0, 0.05) is 41.9 Å². The van der Waals surface area contributed by atoms with Crippen LogP contribution in [-0.2, 0) is 0 Å². The van der Waals surface area contributed by atoms with Crippen molar-refractivity contribution < 1.29 is 19.2 Å². The Bertz CT molecular complexity index is 1070. The normalized spacial score (nSPS) is 10.3. The van der Waals surface area contributed by atoms with Gasteiger partial charge in [-0.1, -0.05) is 0 Å². The average Bonchev–Trinajstić information content (AvgIpc) is 3.20. The molecule has 0 saturated heterocycles. The van der Waals surface area contributed by atoms with Gasteiger partial charge in [0.25, 0.3) is 11.6 Å². The highest BCUT2D eigenvalue weighted by atomic mass is 32.1. The van der Waals surface area contributed by atoms with E-state index in [0.29, 0.717) is 28.0 Å². The maximum atomic E-state index is 12.7. The molecule has 1 heterocycles. The number of hydrogen-bond donors (Lipinski definition) is 2. The van der Waals surface area contributed by atoms with E-state index in [1.165, 1.54) is 29.5 Å². The first-order valence-electron chi connectivity index (χ1n) is 8.42. The fourth-order valence-corrected chi connectivity index (χ4v) is 3.39. The van der Waals surface area contributed by atoms with Crippen molar-refractivity contribution in [2.24, 2.45) is 0 Å². The van der Waals surface area contributed by atoms with Crippen LogP contribution in [-0.4, -0.2) is 37.1 Å². The van der Waals surface area contributed by atoms with Crippen molar-refractivity contribution in [3.8, 4) is 22.8 Å². The number of rotatable bonds is 7. The van der Waals surface area contributed by atoms with E-state index in [4.69, 9.17) is 9.47 Å². The number of methoxy groups -OCH3 is 2. The number of anilines is 2. The minimum atomic E-state index is -0.548. The number of amides is 1. The van der Waals surface area contributed by atoms with Crippen molar-refractivity contribution in [1.29, 1.82) is 0 Å². The molecule has 2 N–H and O–H groups in total. The first-order chi connectivity index (χ1) is 14.0. The first kappa shape index (κ1) is 20.1. The molecule has 0 unspecified atom stereocenters. The van der Waals surface area contributed by atoms with Crippen molar-refractivity contribution in [1.82, 2.24) is 4.98 Å². The number of carbonyl (C=O) groups is 1. The number of ether oxygens (including phenoxy) is 2. The van der Waals surface area contributed by atoms with Crippen LogP contribution in [0.1, 0.15) is 10.4 Å². The standard InChI is InChI=1S/C19H18N4O5S/c1-20-15-7-4-11(23(25)26)8-14(15)18(24)22-19-21-16(10-29-19)13-6-5-12(27-2)9-17(13)28-3/h4-10,20H,1-3H3,(H,21,22,24). The van der Waals surface area contributed by atoms with E-state index in [0.717, 1.165) is 5.56 Å². The van der Waals surface area contributed by atoms with Crippen LogP contribution in [0.3, 0.4) is 0 Å². The molecule has 0 aliphatic carbocycles. The highest BCUT2D eigenvalue weighted by Gasteiger charge is 2.18. The molecule has 9 nitrogen and oxygen atoms in total. The lowest BCUT2D eigenvalue weighted by Crippen LogP contribution is -2.14. The van der Waals surface area contributed by atoms with Gasteiger partial charge in [-0.15, -0.1) is 11.3 Å². The summed E-state index contributed by atoms with van der Waals surface area (Å²) in [6.45, 7) is 0. The van der Waals surface area contributed by atoms with E-state index in [1.807, 2.05) is 6.07 Å². The maximum absolute atomic E-state index is 12.7.